The summed E-state index contributed by atoms with van der Waals surface area (Å²) in [5.74, 6) is 0. The highest BCUT2D eigenvalue weighted by Crippen LogP contribution is 2.29. The molecular weight excluding hydrogens is 288 g/mol. The van der Waals surface area contributed by atoms with Gasteiger partial charge in [-0.1, -0.05) is 23.2 Å². The van der Waals surface area contributed by atoms with Gasteiger partial charge >= 0.3 is 6.18 Å². The summed E-state index contributed by atoms with van der Waals surface area (Å²) >= 11 is 11.7. The minimum absolute atomic E-state index is 0.0235. The molecule has 0 aliphatic carbocycles. The fraction of sp³-hybridized carbons (Fsp3) is 0.545. The lowest BCUT2D eigenvalue weighted by Gasteiger charge is -2.17. The van der Waals surface area contributed by atoms with Gasteiger partial charge in [-0.15, -0.1) is 0 Å². The Bertz CT molecular complexity index is 396. The molecule has 0 radical (unpaired) electrons. The van der Waals surface area contributed by atoms with Crippen molar-refractivity contribution in [2.24, 2.45) is 0 Å². The predicted molar refractivity (Wildman–Crippen MR) is 66.0 cm³/mol. The summed E-state index contributed by atoms with van der Waals surface area (Å²) in [4.78, 5) is 4.06. The summed E-state index contributed by atoms with van der Waals surface area (Å²) in [5.41, 5.74) is 0.519. The lowest BCUT2D eigenvalue weighted by Crippen LogP contribution is -2.19. The Morgan fingerprint density at radius 3 is 2.56 bits per heavy atom. The monoisotopic (exact) mass is 300 g/mol. The maximum Gasteiger partial charge on any atom is 0.389 e. The maximum absolute atomic E-state index is 12.1. The van der Waals surface area contributed by atoms with Crippen LogP contribution in [0.3, 0.4) is 0 Å². The van der Waals surface area contributed by atoms with Crippen molar-refractivity contribution in [3.05, 3.63) is 28.0 Å². The van der Waals surface area contributed by atoms with Crippen LogP contribution < -0.4 is 5.32 Å². The van der Waals surface area contributed by atoms with Gasteiger partial charge in [0, 0.05) is 12.6 Å². The standard InChI is InChI=1S/C11H13Cl2F3N2/c1-17-9(3-2-4-11(14,15)16)10-8(13)5-7(12)6-18-10/h5-6,9,17H,2-4H2,1H3. The van der Waals surface area contributed by atoms with Crippen LogP contribution in [0.25, 0.3) is 0 Å². The topological polar surface area (TPSA) is 24.9 Å². The van der Waals surface area contributed by atoms with Gasteiger partial charge in [-0.2, -0.15) is 13.2 Å². The molecule has 0 aromatic carbocycles. The van der Waals surface area contributed by atoms with Crippen molar-refractivity contribution in [2.45, 2.75) is 31.5 Å². The number of nitrogens with one attached hydrogen (secondary N) is 1. The molecule has 0 saturated heterocycles. The summed E-state index contributed by atoms with van der Waals surface area (Å²) in [7, 11) is 1.66. The number of rotatable bonds is 5. The molecule has 1 rings (SSSR count). The highest BCUT2D eigenvalue weighted by molar-refractivity contribution is 6.34. The van der Waals surface area contributed by atoms with Gasteiger partial charge in [0.25, 0.3) is 0 Å². The molecule has 0 aliphatic heterocycles. The summed E-state index contributed by atoms with van der Waals surface area (Å²) in [6.45, 7) is 0. The van der Waals surface area contributed by atoms with Gasteiger partial charge in [0.05, 0.1) is 21.8 Å². The van der Waals surface area contributed by atoms with E-state index < -0.39 is 12.6 Å². The molecule has 102 valence electrons. The zero-order chi connectivity index (χ0) is 13.8. The minimum atomic E-state index is -4.13. The molecule has 0 bridgehead atoms. The molecule has 0 aliphatic rings. The minimum Gasteiger partial charge on any atom is -0.312 e. The van der Waals surface area contributed by atoms with Crippen LogP contribution in [0, 0.1) is 0 Å². The second-order valence-electron chi connectivity index (χ2n) is 3.87. The van der Waals surface area contributed by atoms with Crippen LogP contribution in [-0.2, 0) is 0 Å². The van der Waals surface area contributed by atoms with Crippen molar-refractivity contribution in [1.29, 1.82) is 0 Å². The van der Waals surface area contributed by atoms with Crippen molar-refractivity contribution in [2.75, 3.05) is 7.05 Å². The molecule has 0 spiro atoms. The fourth-order valence-corrected chi connectivity index (χ4v) is 2.12. The zero-order valence-electron chi connectivity index (χ0n) is 9.69. The van der Waals surface area contributed by atoms with Crippen molar-refractivity contribution in [3.63, 3.8) is 0 Å². The van der Waals surface area contributed by atoms with Crippen LogP contribution in [0.5, 0.6) is 0 Å². The summed E-state index contributed by atoms with van der Waals surface area (Å²) in [6.07, 6.45) is -3.18. The van der Waals surface area contributed by atoms with E-state index in [0.717, 1.165) is 0 Å². The number of aromatic nitrogens is 1. The van der Waals surface area contributed by atoms with Gasteiger partial charge < -0.3 is 5.32 Å². The Labute approximate surface area is 113 Å². The first-order valence-electron chi connectivity index (χ1n) is 5.38. The van der Waals surface area contributed by atoms with Gasteiger partial charge in [0.2, 0.25) is 0 Å². The van der Waals surface area contributed by atoms with E-state index in [2.05, 4.69) is 10.3 Å². The number of hydrogen-bond donors (Lipinski definition) is 1. The first-order chi connectivity index (χ1) is 8.33. The molecular formula is C11H13Cl2F3N2. The van der Waals surface area contributed by atoms with Gasteiger partial charge in [0.15, 0.2) is 0 Å². The molecule has 1 aromatic heterocycles. The van der Waals surface area contributed by atoms with E-state index in [1.165, 1.54) is 12.3 Å². The highest BCUT2D eigenvalue weighted by atomic mass is 35.5. The molecule has 1 aromatic rings. The predicted octanol–water partition coefficient (Wildman–Crippen LogP) is 4.38. The van der Waals surface area contributed by atoms with Gasteiger partial charge in [-0.05, 0) is 26.0 Å². The number of halogens is 5. The summed E-state index contributed by atoms with van der Waals surface area (Å²) in [6, 6.07) is 1.22. The molecule has 7 heteroatoms. The quantitative estimate of drug-likeness (QED) is 0.873. The van der Waals surface area contributed by atoms with E-state index in [4.69, 9.17) is 23.2 Å². The van der Waals surface area contributed by atoms with Crippen LogP contribution in [0.2, 0.25) is 10.0 Å². The number of hydrogen-bond acceptors (Lipinski definition) is 2. The Kier molecular flexibility index (Phi) is 5.69. The zero-order valence-corrected chi connectivity index (χ0v) is 11.2. The molecule has 1 N–H and O–H groups in total. The van der Waals surface area contributed by atoms with Crippen LogP contribution in [0.1, 0.15) is 31.0 Å². The molecule has 2 nitrogen and oxygen atoms in total. The lowest BCUT2D eigenvalue weighted by atomic mass is 10.1. The van der Waals surface area contributed by atoms with Crippen molar-refractivity contribution >= 4 is 23.2 Å². The normalized spacial score (nSPS) is 13.7. The average Bonchev–Trinajstić information content (AvgIpc) is 2.24. The van der Waals surface area contributed by atoms with Gasteiger partial charge in [0.1, 0.15) is 0 Å². The molecule has 1 heterocycles. The molecule has 1 atom stereocenters. The van der Waals surface area contributed by atoms with Crippen molar-refractivity contribution < 1.29 is 13.2 Å². The van der Waals surface area contributed by atoms with E-state index in [0.29, 0.717) is 22.2 Å². The molecule has 1 unspecified atom stereocenters. The van der Waals surface area contributed by atoms with Crippen LogP contribution in [0.4, 0.5) is 13.2 Å². The van der Waals surface area contributed by atoms with Crippen molar-refractivity contribution in [1.82, 2.24) is 10.3 Å². The van der Waals surface area contributed by atoms with E-state index in [1.807, 2.05) is 0 Å². The van der Waals surface area contributed by atoms with Crippen LogP contribution >= 0.6 is 23.2 Å². The van der Waals surface area contributed by atoms with E-state index in [1.54, 1.807) is 7.05 Å². The second kappa shape index (κ2) is 6.59. The molecule has 0 saturated carbocycles. The van der Waals surface area contributed by atoms with Crippen LogP contribution in [0.15, 0.2) is 12.3 Å². The third kappa shape index (κ3) is 5.00. The maximum atomic E-state index is 12.1. The molecule has 18 heavy (non-hydrogen) atoms. The number of pyridine rings is 1. The Morgan fingerprint density at radius 2 is 2.06 bits per heavy atom. The Hall–Kier alpha value is -0.520. The Balaban J connectivity index is 2.66. The fourth-order valence-electron chi connectivity index (χ4n) is 1.61. The third-order valence-corrected chi connectivity index (χ3v) is 2.98. The second-order valence-corrected chi connectivity index (χ2v) is 4.71. The first-order valence-corrected chi connectivity index (χ1v) is 6.14. The summed E-state index contributed by atoms with van der Waals surface area (Å²) < 4.78 is 36.2. The van der Waals surface area contributed by atoms with E-state index in [-0.39, 0.29) is 12.5 Å². The van der Waals surface area contributed by atoms with Crippen LogP contribution in [-0.4, -0.2) is 18.2 Å². The van der Waals surface area contributed by atoms with Gasteiger partial charge in [-0.3, -0.25) is 4.98 Å². The molecule has 0 amide bonds. The summed E-state index contributed by atoms with van der Waals surface area (Å²) in [5, 5.41) is 3.66. The average molecular weight is 301 g/mol. The number of alkyl halides is 3. The van der Waals surface area contributed by atoms with E-state index >= 15 is 0 Å². The molecule has 0 fully saturated rings. The van der Waals surface area contributed by atoms with Gasteiger partial charge in [-0.25, -0.2) is 0 Å². The Morgan fingerprint density at radius 1 is 1.39 bits per heavy atom. The van der Waals surface area contributed by atoms with E-state index in [9.17, 15) is 13.2 Å². The largest absolute Gasteiger partial charge is 0.389 e. The first kappa shape index (κ1) is 15.5. The SMILES string of the molecule is CNC(CCCC(F)(F)F)c1ncc(Cl)cc1Cl. The highest BCUT2D eigenvalue weighted by Gasteiger charge is 2.27. The smallest absolute Gasteiger partial charge is 0.312 e. The number of nitrogens with zero attached hydrogens (tertiary/aromatic N) is 1. The van der Waals surface area contributed by atoms with Crippen molar-refractivity contribution in [3.8, 4) is 0 Å². The third-order valence-electron chi connectivity index (χ3n) is 2.47. The lowest BCUT2D eigenvalue weighted by molar-refractivity contribution is -0.135.